The Morgan fingerprint density at radius 2 is 1.03 bits per heavy atom. The molecule has 0 saturated heterocycles. The van der Waals surface area contributed by atoms with Crippen LogP contribution in [0, 0.1) is 36.1 Å². The predicted molar refractivity (Wildman–Crippen MR) is 304 cm³/mol. The zero-order valence-electron chi connectivity index (χ0n) is 44.0. The van der Waals surface area contributed by atoms with E-state index in [1.54, 1.807) is 38.4 Å². The van der Waals surface area contributed by atoms with Crippen molar-refractivity contribution in [3.05, 3.63) is 170 Å². The van der Waals surface area contributed by atoms with Crippen molar-refractivity contribution in [3.8, 4) is 45.3 Å². The van der Waals surface area contributed by atoms with Crippen molar-refractivity contribution in [3.63, 3.8) is 0 Å². The van der Waals surface area contributed by atoms with Crippen LogP contribution < -0.4 is 10.2 Å². The number of benzene rings is 2. The van der Waals surface area contributed by atoms with Crippen molar-refractivity contribution in [2.24, 2.45) is 14.1 Å². The number of fused-ring (bicyclic) bond motifs is 2. The Morgan fingerprint density at radius 3 is 1.45 bits per heavy atom. The molecule has 0 atom stereocenters. The summed E-state index contributed by atoms with van der Waals surface area (Å²) in [5, 5.41) is 3.43. The SMILES string of the molecule is C.Cc1nc(-c2cccnc2C(C)C)c2n1CCN(c1ccc(-c3nc(C(F)(F)F)cn3C)cc1)C2.Cc1nc(-c2cccnc2C(C)C)c2n1CCNC2.Cn1cc(C(F)(F)F)nc1-c1ccc(Br)cc1.[BH4-].[CH3-].[CH3-].[CH3-].[Pd+2]. The molecule has 0 bridgehead atoms. The summed E-state index contributed by atoms with van der Waals surface area (Å²) in [5.74, 6) is 3.36. The first-order valence-electron chi connectivity index (χ1n) is 23.2. The summed E-state index contributed by atoms with van der Waals surface area (Å²) in [7, 11) is 3.12. The van der Waals surface area contributed by atoms with Crippen molar-refractivity contribution >= 4 is 30.0 Å². The smallest absolute Gasteiger partial charge is 0.364 e. The summed E-state index contributed by atoms with van der Waals surface area (Å²) >= 11 is 3.27. The van der Waals surface area contributed by atoms with Gasteiger partial charge in [0.2, 0.25) is 0 Å². The molecule has 21 heteroatoms. The van der Waals surface area contributed by atoms with E-state index in [9.17, 15) is 26.3 Å². The number of nitrogens with zero attached hydrogens (tertiary/aromatic N) is 11. The summed E-state index contributed by atoms with van der Waals surface area (Å²) in [5.41, 5.74) is 9.43. The van der Waals surface area contributed by atoms with E-state index in [-0.39, 0.29) is 70.3 Å². The molecule has 0 spiro atoms. The van der Waals surface area contributed by atoms with Crippen LogP contribution in [0.2, 0.25) is 0 Å². The summed E-state index contributed by atoms with van der Waals surface area (Å²) in [6.07, 6.45) is -3.19. The van der Waals surface area contributed by atoms with Gasteiger partial charge in [-0.15, -0.1) is 0 Å². The molecule has 0 radical (unpaired) electrons. The van der Waals surface area contributed by atoms with E-state index >= 15 is 0 Å². The summed E-state index contributed by atoms with van der Waals surface area (Å²) in [4.78, 5) is 28.5. The van der Waals surface area contributed by atoms with Gasteiger partial charge >= 0.3 is 32.8 Å². The molecule has 77 heavy (non-hydrogen) atoms. The van der Waals surface area contributed by atoms with Crippen LogP contribution in [0.3, 0.4) is 0 Å². The Bertz CT molecular complexity index is 3140. The fraction of sp³-hybridized carbons (Fsp3) is 0.339. The maximum atomic E-state index is 13.1. The molecule has 1 N–H and O–H groups in total. The van der Waals surface area contributed by atoms with E-state index in [0.29, 0.717) is 29.4 Å². The quantitative estimate of drug-likeness (QED) is 0.0954. The van der Waals surface area contributed by atoms with E-state index in [2.05, 4.69) is 102 Å². The minimum atomic E-state index is -4.47. The maximum absolute atomic E-state index is 13.1. The average Bonchev–Trinajstić information content (AvgIpc) is 4.12. The zero-order chi connectivity index (χ0) is 50.9. The van der Waals surface area contributed by atoms with Gasteiger partial charge in [-0.1, -0.05) is 71.6 Å². The second-order valence-corrected chi connectivity index (χ2v) is 19.1. The first kappa shape index (κ1) is 67.2. The topological polar surface area (TPSA) is 112 Å². The van der Waals surface area contributed by atoms with Gasteiger partial charge in [0, 0.05) is 104 Å². The first-order chi connectivity index (χ1) is 33.7. The van der Waals surface area contributed by atoms with Crippen LogP contribution in [0.5, 0.6) is 0 Å². The third-order valence-electron chi connectivity index (χ3n) is 12.5. The minimum Gasteiger partial charge on any atom is -0.364 e. The van der Waals surface area contributed by atoms with Gasteiger partial charge in [-0.25, -0.2) is 19.9 Å². The molecular formula is C56H72BBrF6N12Pd-2. The molecular weight excluding hydrogens is 1150 g/mol. The second kappa shape index (κ2) is 27.6. The van der Waals surface area contributed by atoms with Gasteiger partial charge in [-0.05, 0) is 86.3 Å². The molecule has 2 aliphatic rings. The third kappa shape index (κ3) is 14.8. The van der Waals surface area contributed by atoms with Crippen LogP contribution in [-0.2, 0) is 73.0 Å². The second-order valence-electron chi connectivity index (χ2n) is 18.2. The van der Waals surface area contributed by atoms with Gasteiger partial charge in [-0.2, -0.15) is 26.3 Å². The zero-order valence-corrected chi connectivity index (χ0v) is 47.2. The van der Waals surface area contributed by atoms with Crippen LogP contribution in [0.25, 0.3) is 45.3 Å². The molecule has 10 rings (SSSR count). The summed E-state index contributed by atoms with van der Waals surface area (Å²) < 4.78 is 84.8. The van der Waals surface area contributed by atoms with Gasteiger partial charge in [0.25, 0.3) is 0 Å². The standard InChI is InChI=1S/C26H27F3N6.C15H20N4.C11H8BrF3N2.CH4.3CH3.BH4.Pd/c1-16(2)23-20(6-5-11-30-23)24-21-14-34(12-13-35(21)17(3)31-24)19-9-7-18(8-10-19)25-32-22(15-33(25)4)26(27,28)29;1-10(2)14-12(5-4-6-17-14)15-13-9-16-7-8-19(13)11(3)18-15;1-17-6-9(11(13,14)15)16-10(17)7-2-4-8(12)5-3-7;;;;;;/h5-11,15-16H,12-14H2,1-4H3;4-6,10,16H,7-9H2,1-3H3;2-6H,1H3;1H4;3*1H3;1H4;/q;;;;4*-1;+2. The predicted octanol–water partition coefficient (Wildman–Crippen LogP) is 12.7. The number of aryl methyl sites for hydroxylation is 4. The van der Waals surface area contributed by atoms with Gasteiger partial charge < -0.3 is 50.8 Å². The molecule has 0 amide bonds. The number of nitrogens with one attached hydrogen (secondary N) is 1. The van der Waals surface area contributed by atoms with Gasteiger partial charge in [0.1, 0.15) is 23.3 Å². The van der Waals surface area contributed by atoms with Crippen LogP contribution in [-0.4, -0.2) is 69.7 Å². The van der Waals surface area contributed by atoms with Crippen LogP contribution in [0.1, 0.15) is 92.8 Å². The Kier molecular flexibility index (Phi) is 24.1. The molecule has 6 aromatic heterocycles. The molecule has 0 saturated carbocycles. The van der Waals surface area contributed by atoms with Crippen LogP contribution in [0.4, 0.5) is 32.0 Å². The maximum Gasteiger partial charge on any atom is 2.00 e. The number of pyridine rings is 2. The van der Waals surface area contributed by atoms with E-state index in [4.69, 9.17) is 9.97 Å². The number of hydrogen-bond donors (Lipinski definition) is 1. The van der Waals surface area contributed by atoms with Gasteiger partial charge in [0.15, 0.2) is 11.4 Å². The number of anilines is 1. The fourth-order valence-electron chi connectivity index (χ4n) is 9.00. The van der Waals surface area contributed by atoms with Gasteiger partial charge in [0.05, 0.1) is 40.7 Å². The third-order valence-corrected chi connectivity index (χ3v) is 13.0. The Balaban J connectivity index is 0.000000414. The minimum absolute atomic E-state index is 0. The number of aromatic nitrogens is 10. The van der Waals surface area contributed by atoms with Crippen molar-refractivity contribution < 1.29 is 46.8 Å². The van der Waals surface area contributed by atoms with E-state index in [0.717, 1.165) is 101 Å². The van der Waals surface area contributed by atoms with E-state index in [1.165, 1.54) is 20.4 Å². The average molecular weight is 1220 g/mol. The van der Waals surface area contributed by atoms with E-state index in [1.807, 2.05) is 55.7 Å². The molecule has 2 aromatic carbocycles. The Labute approximate surface area is 474 Å². The van der Waals surface area contributed by atoms with Crippen molar-refractivity contribution in [1.29, 1.82) is 0 Å². The molecule has 8 aromatic rings. The fourth-order valence-corrected chi connectivity index (χ4v) is 9.27. The monoisotopic (exact) mass is 1220 g/mol. The molecule has 2 aliphatic heterocycles. The number of rotatable bonds is 7. The molecule has 12 nitrogen and oxygen atoms in total. The summed E-state index contributed by atoms with van der Waals surface area (Å²) in [6, 6.07) is 22.7. The van der Waals surface area contributed by atoms with E-state index < -0.39 is 23.7 Å². The molecule has 0 aliphatic carbocycles. The number of halogens is 7. The number of alkyl halides is 6. The Hall–Kier alpha value is -5.87. The first-order valence-corrected chi connectivity index (χ1v) is 24.0. The Morgan fingerprint density at radius 1 is 0.597 bits per heavy atom. The summed E-state index contributed by atoms with van der Waals surface area (Å²) in [6.45, 7) is 18.0. The van der Waals surface area contributed by atoms with Crippen LogP contribution in [0.15, 0.2) is 102 Å². The normalized spacial score (nSPS) is 12.6. The van der Waals surface area contributed by atoms with Crippen molar-refractivity contribution in [1.82, 2.24) is 53.5 Å². The molecule has 8 heterocycles. The molecule has 420 valence electrons. The van der Waals surface area contributed by atoms with Gasteiger partial charge in [-0.3, -0.25) is 9.97 Å². The van der Waals surface area contributed by atoms with Crippen molar-refractivity contribution in [2.75, 3.05) is 18.0 Å². The number of imidazole rings is 4. The van der Waals surface area contributed by atoms with Crippen LogP contribution >= 0.6 is 15.9 Å². The largest absolute Gasteiger partial charge is 2.00 e. The molecule has 0 fully saturated rings. The molecule has 0 unspecified atom stereocenters. The number of hydrogen-bond acceptors (Lipinski definition) is 8. The van der Waals surface area contributed by atoms with Crippen molar-refractivity contribution in [2.45, 2.75) is 99.3 Å².